The molecule has 0 atom stereocenters. The van der Waals surface area contributed by atoms with Gasteiger partial charge in [0.1, 0.15) is 0 Å². The Balaban J connectivity index is 1.69. The summed E-state index contributed by atoms with van der Waals surface area (Å²) in [5.41, 5.74) is 8.01. The Hall–Kier alpha value is -1.55. The molecule has 1 aliphatic rings. The van der Waals surface area contributed by atoms with Gasteiger partial charge in [0.25, 0.3) is 0 Å². The Kier molecular flexibility index (Phi) is 4.44. The Morgan fingerprint density at radius 3 is 2.86 bits per heavy atom. The molecular formula is C17H22N2OS. The third-order valence-corrected chi connectivity index (χ3v) is 5.51. The number of nitrogens with zero attached hydrogens (tertiary/aromatic N) is 1. The molecule has 2 N–H and O–H groups in total. The molecule has 1 amide bonds. The number of thiophene rings is 1. The van der Waals surface area contributed by atoms with Crippen LogP contribution in [0.4, 0.5) is 5.69 Å². The summed E-state index contributed by atoms with van der Waals surface area (Å²) in [7, 11) is 0. The molecule has 0 saturated heterocycles. The molecule has 1 aliphatic carbocycles. The number of anilines is 1. The van der Waals surface area contributed by atoms with Crippen molar-refractivity contribution in [3.63, 3.8) is 0 Å². The lowest BCUT2D eigenvalue weighted by molar-refractivity contribution is -0.120. The van der Waals surface area contributed by atoms with Crippen molar-refractivity contribution in [3.05, 3.63) is 29.1 Å². The van der Waals surface area contributed by atoms with Gasteiger partial charge in [-0.05, 0) is 53.8 Å². The van der Waals surface area contributed by atoms with Crippen molar-refractivity contribution in [1.82, 2.24) is 4.90 Å². The van der Waals surface area contributed by atoms with Crippen molar-refractivity contribution >= 4 is 33.5 Å². The molecule has 112 valence electrons. The number of hydrogen-bond donors (Lipinski definition) is 1. The largest absolute Gasteiger partial charge is 0.399 e. The molecule has 1 aromatic carbocycles. The van der Waals surface area contributed by atoms with Gasteiger partial charge >= 0.3 is 0 Å². The predicted molar refractivity (Wildman–Crippen MR) is 89.6 cm³/mol. The van der Waals surface area contributed by atoms with Gasteiger partial charge in [0.2, 0.25) is 6.41 Å². The quantitative estimate of drug-likeness (QED) is 0.674. The molecule has 1 fully saturated rings. The standard InChI is InChI=1S/C17H22N2OS/c18-14-6-7-17-16(10-14)13(11-21-17)8-9-19(12-20)15-4-2-1-3-5-15/h6-7,10-12,15H,1-5,8-9,18H2. The zero-order valence-electron chi connectivity index (χ0n) is 12.3. The van der Waals surface area contributed by atoms with Crippen LogP contribution in [0.5, 0.6) is 0 Å². The van der Waals surface area contributed by atoms with E-state index in [0.717, 1.165) is 37.9 Å². The van der Waals surface area contributed by atoms with Gasteiger partial charge < -0.3 is 10.6 Å². The van der Waals surface area contributed by atoms with Gasteiger partial charge in [-0.15, -0.1) is 11.3 Å². The maximum Gasteiger partial charge on any atom is 0.209 e. The Morgan fingerprint density at radius 1 is 1.29 bits per heavy atom. The van der Waals surface area contributed by atoms with Gasteiger partial charge in [0.05, 0.1) is 0 Å². The lowest BCUT2D eigenvalue weighted by Crippen LogP contribution is -2.37. The van der Waals surface area contributed by atoms with Crippen LogP contribution < -0.4 is 5.73 Å². The lowest BCUT2D eigenvalue weighted by Gasteiger charge is -2.31. The van der Waals surface area contributed by atoms with Crippen molar-refractivity contribution in [2.75, 3.05) is 12.3 Å². The predicted octanol–water partition coefficient (Wildman–Crippen LogP) is 3.82. The minimum absolute atomic E-state index is 0.450. The molecule has 0 aliphatic heterocycles. The average Bonchev–Trinajstić information content (AvgIpc) is 2.91. The van der Waals surface area contributed by atoms with Crippen molar-refractivity contribution in [2.45, 2.75) is 44.6 Å². The smallest absolute Gasteiger partial charge is 0.209 e. The van der Waals surface area contributed by atoms with E-state index in [0.29, 0.717) is 6.04 Å². The lowest BCUT2D eigenvalue weighted by atomic mass is 9.94. The highest BCUT2D eigenvalue weighted by atomic mass is 32.1. The van der Waals surface area contributed by atoms with Gasteiger partial charge in [-0.2, -0.15) is 0 Å². The van der Waals surface area contributed by atoms with E-state index in [1.807, 2.05) is 17.0 Å². The highest BCUT2D eigenvalue weighted by Gasteiger charge is 2.19. The number of rotatable bonds is 5. The topological polar surface area (TPSA) is 46.3 Å². The molecule has 0 radical (unpaired) electrons. The van der Waals surface area contributed by atoms with Crippen LogP contribution in [0, 0.1) is 0 Å². The number of nitrogen functional groups attached to an aromatic ring is 1. The maximum atomic E-state index is 11.4. The summed E-state index contributed by atoms with van der Waals surface area (Å²) in [4.78, 5) is 13.4. The van der Waals surface area contributed by atoms with Crippen LogP contribution in [-0.2, 0) is 11.2 Å². The second-order valence-corrected chi connectivity index (χ2v) is 6.81. The van der Waals surface area contributed by atoms with E-state index in [2.05, 4.69) is 11.4 Å². The summed E-state index contributed by atoms with van der Waals surface area (Å²) in [6.45, 7) is 0.814. The van der Waals surface area contributed by atoms with Crippen molar-refractivity contribution in [1.29, 1.82) is 0 Å². The van der Waals surface area contributed by atoms with E-state index in [9.17, 15) is 4.79 Å². The van der Waals surface area contributed by atoms with Crippen LogP contribution in [0.2, 0.25) is 0 Å². The minimum Gasteiger partial charge on any atom is -0.399 e. The summed E-state index contributed by atoms with van der Waals surface area (Å²) in [6.07, 6.45) is 8.11. The molecule has 1 aromatic heterocycles. The zero-order valence-corrected chi connectivity index (χ0v) is 13.1. The first-order valence-corrected chi connectivity index (χ1v) is 8.62. The number of carbonyl (C=O) groups excluding carboxylic acids is 1. The van der Waals surface area contributed by atoms with Gasteiger partial charge in [0.15, 0.2) is 0 Å². The molecule has 4 heteroatoms. The third-order valence-electron chi connectivity index (χ3n) is 4.50. The van der Waals surface area contributed by atoms with Crippen molar-refractivity contribution < 1.29 is 4.79 Å². The molecule has 1 heterocycles. The highest BCUT2D eigenvalue weighted by molar-refractivity contribution is 7.17. The Morgan fingerprint density at radius 2 is 2.10 bits per heavy atom. The average molecular weight is 302 g/mol. The number of nitrogens with two attached hydrogens (primary N) is 1. The second kappa shape index (κ2) is 6.48. The van der Waals surface area contributed by atoms with Crippen LogP contribution >= 0.6 is 11.3 Å². The number of benzene rings is 1. The molecule has 0 bridgehead atoms. The number of hydrogen-bond acceptors (Lipinski definition) is 3. The summed E-state index contributed by atoms with van der Waals surface area (Å²) >= 11 is 1.76. The van der Waals surface area contributed by atoms with Crippen LogP contribution in [0.3, 0.4) is 0 Å². The number of fused-ring (bicyclic) bond motifs is 1. The molecule has 2 aromatic rings. The second-order valence-electron chi connectivity index (χ2n) is 5.90. The van der Waals surface area contributed by atoms with E-state index in [4.69, 9.17) is 5.73 Å². The summed E-state index contributed by atoms with van der Waals surface area (Å²) in [5.74, 6) is 0. The van der Waals surface area contributed by atoms with E-state index in [-0.39, 0.29) is 0 Å². The van der Waals surface area contributed by atoms with E-state index in [1.165, 1.54) is 34.9 Å². The number of amides is 1. The maximum absolute atomic E-state index is 11.4. The number of carbonyl (C=O) groups is 1. The van der Waals surface area contributed by atoms with E-state index < -0.39 is 0 Å². The Labute approximate surface area is 129 Å². The monoisotopic (exact) mass is 302 g/mol. The first-order valence-electron chi connectivity index (χ1n) is 7.74. The van der Waals surface area contributed by atoms with Crippen LogP contribution in [0.25, 0.3) is 10.1 Å². The summed E-state index contributed by atoms with van der Waals surface area (Å²) in [5, 5.41) is 3.45. The first kappa shape index (κ1) is 14.4. The molecule has 3 rings (SSSR count). The van der Waals surface area contributed by atoms with Gasteiger partial charge in [0, 0.05) is 23.0 Å². The zero-order chi connectivity index (χ0) is 14.7. The van der Waals surface area contributed by atoms with E-state index >= 15 is 0 Å². The van der Waals surface area contributed by atoms with Gasteiger partial charge in [-0.3, -0.25) is 4.79 Å². The Bertz CT molecular complexity index is 616. The van der Waals surface area contributed by atoms with Gasteiger partial charge in [-0.25, -0.2) is 0 Å². The summed E-state index contributed by atoms with van der Waals surface area (Å²) < 4.78 is 1.27. The van der Waals surface area contributed by atoms with Crippen molar-refractivity contribution in [2.24, 2.45) is 0 Å². The molecule has 3 nitrogen and oxygen atoms in total. The fraction of sp³-hybridized carbons (Fsp3) is 0.471. The molecular weight excluding hydrogens is 280 g/mol. The molecule has 0 spiro atoms. The fourth-order valence-electron chi connectivity index (χ4n) is 3.28. The highest BCUT2D eigenvalue weighted by Crippen LogP contribution is 2.29. The molecule has 21 heavy (non-hydrogen) atoms. The van der Waals surface area contributed by atoms with Crippen LogP contribution in [0.15, 0.2) is 23.6 Å². The summed E-state index contributed by atoms with van der Waals surface area (Å²) in [6, 6.07) is 6.53. The fourth-order valence-corrected chi connectivity index (χ4v) is 4.25. The normalized spacial score (nSPS) is 16.2. The third kappa shape index (κ3) is 3.21. The van der Waals surface area contributed by atoms with E-state index in [1.54, 1.807) is 11.3 Å². The minimum atomic E-state index is 0.450. The van der Waals surface area contributed by atoms with Crippen LogP contribution in [-0.4, -0.2) is 23.9 Å². The molecule has 0 unspecified atom stereocenters. The SMILES string of the molecule is Nc1ccc2scc(CCN(C=O)C3CCCCC3)c2c1. The first-order chi connectivity index (χ1) is 10.3. The van der Waals surface area contributed by atoms with Gasteiger partial charge in [-0.1, -0.05) is 19.3 Å². The van der Waals surface area contributed by atoms with Crippen LogP contribution in [0.1, 0.15) is 37.7 Å². The molecule has 1 saturated carbocycles. The van der Waals surface area contributed by atoms with Crippen molar-refractivity contribution in [3.8, 4) is 0 Å².